The minimum Gasteiger partial charge on any atom is -0.349 e. The van der Waals surface area contributed by atoms with Crippen LogP contribution in [0.25, 0.3) is 0 Å². The van der Waals surface area contributed by atoms with Gasteiger partial charge in [-0.15, -0.1) is 0 Å². The van der Waals surface area contributed by atoms with Crippen molar-refractivity contribution in [2.75, 3.05) is 13.2 Å². The summed E-state index contributed by atoms with van der Waals surface area (Å²) in [4.78, 5) is 0. The van der Waals surface area contributed by atoms with E-state index in [0.29, 0.717) is 5.92 Å². The molecule has 0 radical (unpaired) electrons. The van der Waals surface area contributed by atoms with Gasteiger partial charge in [-0.2, -0.15) is 0 Å². The first-order chi connectivity index (χ1) is 6.96. The van der Waals surface area contributed by atoms with Crippen LogP contribution in [0.1, 0.15) is 53.9 Å². The summed E-state index contributed by atoms with van der Waals surface area (Å²) in [6, 6.07) is 0. The van der Waals surface area contributed by atoms with Crippen LogP contribution in [-0.4, -0.2) is 19.0 Å². The zero-order chi connectivity index (χ0) is 11.5. The molecule has 0 amide bonds. The van der Waals surface area contributed by atoms with Crippen molar-refractivity contribution in [2.24, 2.45) is 11.3 Å². The molecule has 1 aliphatic rings. The fourth-order valence-corrected chi connectivity index (χ4v) is 2.05. The third kappa shape index (κ3) is 2.94. The van der Waals surface area contributed by atoms with E-state index >= 15 is 0 Å². The van der Waals surface area contributed by atoms with Crippen LogP contribution in [0, 0.1) is 11.3 Å². The lowest BCUT2D eigenvalue weighted by Gasteiger charge is -2.46. The highest BCUT2D eigenvalue weighted by Gasteiger charge is 2.43. The Morgan fingerprint density at radius 2 is 1.67 bits per heavy atom. The van der Waals surface area contributed by atoms with Gasteiger partial charge < -0.3 is 9.47 Å². The summed E-state index contributed by atoms with van der Waals surface area (Å²) in [5.74, 6) is 0.174. The molecule has 1 atom stereocenters. The van der Waals surface area contributed by atoms with Crippen molar-refractivity contribution in [3.05, 3.63) is 0 Å². The Bertz CT molecular complexity index is 189. The zero-order valence-electron chi connectivity index (χ0n) is 10.9. The van der Waals surface area contributed by atoms with Crippen LogP contribution in [0.3, 0.4) is 0 Å². The maximum atomic E-state index is 6.05. The summed E-state index contributed by atoms with van der Waals surface area (Å²) in [5, 5.41) is 0. The van der Waals surface area contributed by atoms with Crippen molar-refractivity contribution in [2.45, 2.75) is 59.7 Å². The molecule has 1 aliphatic heterocycles. The van der Waals surface area contributed by atoms with Crippen molar-refractivity contribution in [1.82, 2.24) is 0 Å². The van der Waals surface area contributed by atoms with Gasteiger partial charge in [0.1, 0.15) is 0 Å². The van der Waals surface area contributed by atoms with E-state index in [1.165, 1.54) is 0 Å². The molecule has 0 aromatic rings. The Morgan fingerprint density at radius 3 is 2.07 bits per heavy atom. The Labute approximate surface area is 94.3 Å². The van der Waals surface area contributed by atoms with Gasteiger partial charge in [-0.1, -0.05) is 41.0 Å². The van der Waals surface area contributed by atoms with E-state index < -0.39 is 0 Å². The van der Waals surface area contributed by atoms with Crippen molar-refractivity contribution < 1.29 is 9.47 Å². The minimum absolute atomic E-state index is 0.171. The SMILES string of the molecule is CCCC1(C(C)CC)OCC(C)(C)CO1. The van der Waals surface area contributed by atoms with Gasteiger partial charge in [-0.25, -0.2) is 0 Å². The third-order valence-electron chi connectivity index (χ3n) is 3.38. The second-order valence-corrected chi connectivity index (χ2v) is 5.61. The number of hydrogen-bond donors (Lipinski definition) is 0. The predicted octanol–water partition coefficient (Wildman–Crippen LogP) is 3.60. The van der Waals surface area contributed by atoms with E-state index in [0.717, 1.165) is 32.5 Å². The highest BCUT2D eigenvalue weighted by molar-refractivity contribution is 4.83. The number of hydrogen-bond acceptors (Lipinski definition) is 2. The normalized spacial score (nSPS) is 26.2. The monoisotopic (exact) mass is 214 g/mol. The largest absolute Gasteiger partial charge is 0.349 e. The zero-order valence-corrected chi connectivity index (χ0v) is 10.9. The Morgan fingerprint density at radius 1 is 1.13 bits per heavy atom. The van der Waals surface area contributed by atoms with E-state index in [1.807, 2.05) is 0 Å². The standard InChI is InChI=1S/C13H26O2/c1-6-8-13(11(3)7-2)14-9-12(4,5)10-15-13/h11H,6-10H2,1-5H3. The molecule has 0 aromatic heterocycles. The van der Waals surface area contributed by atoms with Crippen LogP contribution in [0.5, 0.6) is 0 Å². The van der Waals surface area contributed by atoms with Gasteiger partial charge in [-0.05, 0) is 6.42 Å². The molecule has 0 N–H and O–H groups in total. The first-order valence-corrected chi connectivity index (χ1v) is 6.23. The van der Waals surface area contributed by atoms with E-state index in [1.54, 1.807) is 0 Å². The van der Waals surface area contributed by atoms with Gasteiger partial charge in [0, 0.05) is 17.8 Å². The molecule has 0 bridgehead atoms. The molecular weight excluding hydrogens is 188 g/mol. The second-order valence-electron chi connectivity index (χ2n) is 5.61. The fourth-order valence-electron chi connectivity index (χ4n) is 2.05. The molecule has 1 saturated heterocycles. The molecule has 0 spiro atoms. The van der Waals surface area contributed by atoms with Crippen LogP contribution >= 0.6 is 0 Å². The highest BCUT2D eigenvalue weighted by Crippen LogP contribution is 2.38. The molecule has 2 nitrogen and oxygen atoms in total. The van der Waals surface area contributed by atoms with E-state index in [4.69, 9.17) is 9.47 Å². The summed E-state index contributed by atoms with van der Waals surface area (Å²) in [6.07, 6.45) is 3.24. The summed E-state index contributed by atoms with van der Waals surface area (Å²) in [5.41, 5.74) is 0.171. The molecule has 1 unspecified atom stereocenters. The van der Waals surface area contributed by atoms with Crippen molar-refractivity contribution >= 4 is 0 Å². The summed E-state index contributed by atoms with van der Waals surface area (Å²) < 4.78 is 12.1. The van der Waals surface area contributed by atoms with Gasteiger partial charge >= 0.3 is 0 Å². The Balaban J connectivity index is 2.68. The molecule has 90 valence electrons. The number of ether oxygens (including phenoxy) is 2. The molecule has 0 aromatic carbocycles. The van der Waals surface area contributed by atoms with Crippen molar-refractivity contribution in [3.8, 4) is 0 Å². The molecular formula is C13H26O2. The van der Waals surface area contributed by atoms with E-state index in [-0.39, 0.29) is 11.2 Å². The lowest BCUT2D eigenvalue weighted by Crippen LogP contribution is -2.51. The lowest BCUT2D eigenvalue weighted by atomic mass is 9.89. The Kier molecular flexibility index (Phi) is 4.19. The molecule has 0 saturated carbocycles. The number of rotatable bonds is 4. The molecule has 2 heteroatoms. The summed E-state index contributed by atoms with van der Waals surface area (Å²) >= 11 is 0. The average Bonchev–Trinajstić information content (AvgIpc) is 2.21. The topological polar surface area (TPSA) is 18.5 Å². The first kappa shape index (κ1) is 13.0. The van der Waals surface area contributed by atoms with E-state index in [9.17, 15) is 0 Å². The van der Waals surface area contributed by atoms with Gasteiger partial charge in [-0.3, -0.25) is 0 Å². The molecule has 1 heterocycles. The van der Waals surface area contributed by atoms with Crippen LogP contribution in [0.4, 0.5) is 0 Å². The van der Waals surface area contributed by atoms with Crippen molar-refractivity contribution in [1.29, 1.82) is 0 Å². The molecule has 1 fully saturated rings. The smallest absolute Gasteiger partial charge is 0.170 e. The van der Waals surface area contributed by atoms with E-state index in [2.05, 4.69) is 34.6 Å². The average molecular weight is 214 g/mol. The van der Waals surface area contributed by atoms with Gasteiger partial charge in [0.25, 0.3) is 0 Å². The molecule has 1 rings (SSSR count). The van der Waals surface area contributed by atoms with Crippen LogP contribution in [0.15, 0.2) is 0 Å². The van der Waals surface area contributed by atoms with Crippen LogP contribution < -0.4 is 0 Å². The fraction of sp³-hybridized carbons (Fsp3) is 1.00. The summed E-state index contributed by atoms with van der Waals surface area (Å²) in [7, 11) is 0. The first-order valence-electron chi connectivity index (χ1n) is 6.23. The maximum Gasteiger partial charge on any atom is 0.170 e. The Hall–Kier alpha value is -0.0800. The summed E-state index contributed by atoms with van der Waals surface area (Å²) in [6.45, 7) is 12.6. The highest BCUT2D eigenvalue weighted by atomic mass is 16.7. The van der Waals surface area contributed by atoms with Gasteiger partial charge in [0.05, 0.1) is 13.2 Å². The predicted molar refractivity (Wildman–Crippen MR) is 62.8 cm³/mol. The van der Waals surface area contributed by atoms with Crippen LogP contribution in [0.2, 0.25) is 0 Å². The second kappa shape index (κ2) is 4.84. The van der Waals surface area contributed by atoms with Crippen molar-refractivity contribution in [3.63, 3.8) is 0 Å². The lowest BCUT2D eigenvalue weighted by molar-refractivity contribution is -0.323. The molecule has 0 aliphatic carbocycles. The van der Waals surface area contributed by atoms with Gasteiger partial charge in [0.2, 0.25) is 0 Å². The van der Waals surface area contributed by atoms with Gasteiger partial charge in [0.15, 0.2) is 5.79 Å². The maximum absolute atomic E-state index is 6.05. The molecule has 15 heavy (non-hydrogen) atoms. The minimum atomic E-state index is -0.307. The van der Waals surface area contributed by atoms with Crippen LogP contribution in [-0.2, 0) is 9.47 Å². The quantitative estimate of drug-likeness (QED) is 0.712. The third-order valence-corrected chi connectivity index (χ3v) is 3.38.